The third-order valence-electron chi connectivity index (χ3n) is 8.25. The minimum atomic E-state index is -1.08. The predicted octanol–water partition coefficient (Wildman–Crippen LogP) is 2.81. The van der Waals surface area contributed by atoms with E-state index in [0.717, 1.165) is 31.2 Å². The van der Waals surface area contributed by atoms with Crippen LogP contribution in [0.2, 0.25) is 0 Å². The number of carbonyl (C=O) groups is 3. The van der Waals surface area contributed by atoms with Crippen LogP contribution in [0.1, 0.15) is 68.6 Å². The lowest BCUT2D eigenvalue weighted by molar-refractivity contribution is -0.139. The van der Waals surface area contributed by atoms with Gasteiger partial charge in [-0.05, 0) is 69.1 Å². The maximum absolute atomic E-state index is 13.7. The summed E-state index contributed by atoms with van der Waals surface area (Å²) < 4.78 is 0. The molecule has 2 aromatic rings. The fraction of sp³-hybridized carbons (Fsp3) is 0.516. The van der Waals surface area contributed by atoms with E-state index < -0.39 is 11.6 Å². The van der Waals surface area contributed by atoms with Gasteiger partial charge in [-0.3, -0.25) is 14.4 Å². The second kappa shape index (κ2) is 13.6. The number of aryl methyl sites for hydroxylation is 1. The Morgan fingerprint density at radius 2 is 1.73 bits per heavy atom. The van der Waals surface area contributed by atoms with Crippen LogP contribution in [0.5, 0.6) is 0 Å². The summed E-state index contributed by atoms with van der Waals surface area (Å²) in [6.45, 7) is 4.56. The second-order valence-corrected chi connectivity index (χ2v) is 11.6. The molecule has 0 saturated carbocycles. The number of halogens is 1. The molecule has 8 nitrogen and oxygen atoms in total. The number of benzene rings is 2. The third kappa shape index (κ3) is 7.22. The molecule has 1 heterocycles. The van der Waals surface area contributed by atoms with Crippen LogP contribution >= 0.6 is 12.4 Å². The van der Waals surface area contributed by atoms with E-state index in [-0.39, 0.29) is 54.6 Å². The minimum Gasteiger partial charge on any atom is -0.395 e. The molecule has 2 aromatic carbocycles. The summed E-state index contributed by atoms with van der Waals surface area (Å²) in [6.07, 6.45) is 4.34. The van der Waals surface area contributed by atoms with Crippen molar-refractivity contribution >= 4 is 30.1 Å². The fourth-order valence-corrected chi connectivity index (χ4v) is 6.04. The quantitative estimate of drug-likeness (QED) is 0.350. The van der Waals surface area contributed by atoms with E-state index in [2.05, 4.69) is 28.8 Å². The van der Waals surface area contributed by atoms with E-state index in [9.17, 15) is 14.4 Å². The third-order valence-corrected chi connectivity index (χ3v) is 8.25. The molecule has 40 heavy (non-hydrogen) atoms. The number of amides is 3. The van der Waals surface area contributed by atoms with Crippen molar-refractivity contribution < 1.29 is 19.5 Å². The van der Waals surface area contributed by atoms with Crippen molar-refractivity contribution in [1.29, 1.82) is 0 Å². The zero-order valence-electron chi connectivity index (χ0n) is 23.5. The Morgan fingerprint density at radius 1 is 1.07 bits per heavy atom. The van der Waals surface area contributed by atoms with Gasteiger partial charge in [0.1, 0.15) is 6.04 Å². The molecule has 0 unspecified atom stereocenters. The molecule has 1 spiro atoms. The number of fused-ring (bicyclic) bond motifs is 2. The number of piperidine rings is 1. The normalized spacial score (nSPS) is 18.4. The Bertz CT molecular complexity index is 1160. The van der Waals surface area contributed by atoms with Gasteiger partial charge in [0.05, 0.1) is 18.1 Å². The van der Waals surface area contributed by atoms with Gasteiger partial charge in [0.15, 0.2) is 0 Å². The molecule has 0 bridgehead atoms. The van der Waals surface area contributed by atoms with Gasteiger partial charge in [0.25, 0.3) is 0 Å². The van der Waals surface area contributed by atoms with E-state index >= 15 is 0 Å². The summed E-state index contributed by atoms with van der Waals surface area (Å²) >= 11 is 0. The zero-order chi connectivity index (χ0) is 28.0. The number of hydrogen-bond acceptors (Lipinski definition) is 5. The van der Waals surface area contributed by atoms with Crippen molar-refractivity contribution in [3.63, 3.8) is 0 Å². The summed E-state index contributed by atoms with van der Waals surface area (Å²) in [5, 5.41) is 14.9. The first-order valence-corrected chi connectivity index (χ1v) is 14.1. The number of carbonyl (C=O) groups excluding carboxylic acids is 3. The van der Waals surface area contributed by atoms with Crippen molar-refractivity contribution in [3.8, 4) is 0 Å². The van der Waals surface area contributed by atoms with Crippen molar-refractivity contribution in [2.24, 2.45) is 5.73 Å². The largest absolute Gasteiger partial charge is 0.395 e. The summed E-state index contributed by atoms with van der Waals surface area (Å²) in [5.41, 5.74) is 8.23. The number of aliphatic hydroxyl groups excluding tert-OH is 1. The van der Waals surface area contributed by atoms with Gasteiger partial charge in [0.2, 0.25) is 17.7 Å². The first kappa shape index (κ1) is 31.6. The SMILES string of the molecule is CC(C)(N)C(=O)N[C@H](CCCc1ccccc1)C(=O)N1CCC2(CC1)C[C@H](C(=O)NCCO)c1ccccc12.Cl. The maximum atomic E-state index is 13.7. The molecule has 218 valence electrons. The van der Waals surface area contributed by atoms with Crippen LogP contribution in [0.4, 0.5) is 0 Å². The van der Waals surface area contributed by atoms with Crippen molar-refractivity contribution in [1.82, 2.24) is 15.5 Å². The number of rotatable bonds is 10. The first-order valence-electron chi connectivity index (χ1n) is 14.1. The molecule has 2 atom stereocenters. The van der Waals surface area contributed by atoms with Crippen molar-refractivity contribution in [2.45, 2.75) is 75.3 Å². The predicted molar refractivity (Wildman–Crippen MR) is 158 cm³/mol. The summed E-state index contributed by atoms with van der Waals surface area (Å²) in [4.78, 5) is 41.2. The summed E-state index contributed by atoms with van der Waals surface area (Å²) in [6, 6.07) is 17.6. The molecule has 5 N–H and O–H groups in total. The molecular weight excluding hydrogens is 528 g/mol. The van der Waals surface area contributed by atoms with Crippen LogP contribution in [0.3, 0.4) is 0 Å². The van der Waals surface area contributed by atoms with Crippen LogP contribution in [0, 0.1) is 0 Å². The maximum Gasteiger partial charge on any atom is 0.245 e. The lowest BCUT2D eigenvalue weighted by Gasteiger charge is -2.41. The minimum absolute atomic E-state index is 0. The van der Waals surface area contributed by atoms with Gasteiger partial charge in [-0.2, -0.15) is 0 Å². The van der Waals surface area contributed by atoms with E-state index in [1.165, 1.54) is 11.1 Å². The zero-order valence-corrected chi connectivity index (χ0v) is 24.3. The van der Waals surface area contributed by atoms with Gasteiger partial charge < -0.3 is 26.4 Å². The van der Waals surface area contributed by atoms with E-state index in [1.807, 2.05) is 41.3 Å². The molecule has 1 aliphatic carbocycles. The number of likely N-dealkylation sites (tertiary alicyclic amines) is 1. The van der Waals surface area contributed by atoms with Crippen LogP contribution < -0.4 is 16.4 Å². The summed E-state index contributed by atoms with van der Waals surface area (Å²) in [7, 11) is 0. The Morgan fingerprint density at radius 3 is 2.38 bits per heavy atom. The highest BCUT2D eigenvalue weighted by molar-refractivity contribution is 5.91. The lowest BCUT2D eigenvalue weighted by Crippen LogP contribution is -2.57. The van der Waals surface area contributed by atoms with Gasteiger partial charge >= 0.3 is 0 Å². The van der Waals surface area contributed by atoms with Crippen molar-refractivity contribution in [2.75, 3.05) is 26.2 Å². The molecule has 3 amide bonds. The van der Waals surface area contributed by atoms with Gasteiger partial charge in [0, 0.05) is 25.0 Å². The topological polar surface area (TPSA) is 125 Å². The first-order chi connectivity index (χ1) is 18.6. The number of nitrogens with two attached hydrogens (primary N) is 1. The molecule has 1 aliphatic heterocycles. The number of hydrogen-bond donors (Lipinski definition) is 4. The average Bonchev–Trinajstić information content (AvgIpc) is 3.25. The van der Waals surface area contributed by atoms with E-state index in [4.69, 9.17) is 10.8 Å². The van der Waals surface area contributed by atoms with E-state index in [0.29, 0.717) is 25.9 Å². The Kier molecular flexibility index (Phi) is 10.8. The smallest absolute Gasteiger partial charge is 0.245 e. The Labute approximate surface area is 243 Å². The Balaban J connectivity index is 0.00000441. The molecule has 9 heteroatoms. The highest BCUT2D eigenvalue weighted by Crippen LogP contribution is 2.51. The fourth-order valence-electron chi connectivity index (χ4n) is 6.04. The van der Waals surface area contributed by atoms with Crippen molar-refractivity contribution in [3.05, 3.63) is 71.3 Å². The monoisotopic (exact) mass is 570 g/mol. The standard InChI is InChI=1S/C31H42N4O4.ClH/c1-30(2,32)29(39)34-26(14-8-11-22-9-4-3-5-10-22)28(38)35-18-15-31(16-19-35)21-24(27(37)33-17-20-36)23-12-6-7-13-25(23)31;/h3-7,9-10,12-13,24,26,36H,8,11,14-21,32H2,1-2H3,(H,33,37)(H,34,39);1H/t24-,26+;/m0./s1. The van der Waals surface area contributed by atoms with Crippen LogP contribution in [-0.4, -0.2) is 65.5 Å². The van der Waals surface area contributed by atoms with Crippen LogP contribution in [-0.2, 0) is 26.2 Å². The van der Waals surface area contributed by atoms with Crippen LogP contribution in [0.15, 0.2) is 54.6 Å². The summed E-state index contributed by atoms with van der Waals surface area (Å²) in [5.74, 6) is -0.723. The highest BCUT2D eigenvalue weighted by atomic mass is 35.5. The van der Waals surface area contributed by atoms with Gasteiger partial charge in [-0.25, -0.2) is 0 Å². The molecule has 0 radical (unpaired) electrons. The molecule has 1 saturated heterocycles. The highest BCUT2D eigenvalue weighted by Gasteiger charge is 2.48. The lowest BCUT2D eigenvalue weighted by atomic mass is 9.73. The van der Waals surface area contributed by atoms with Gasteiger partial charge in [-0.1, -0.05) is 54.6 Å². The molecular formula is C31H43ClN4O4. The molecule has 4 rings (SSSR count). The molecule has 2 aliphatic rings. The van der Waals surface area contributed by atoms with E-state index in [1.54, 1.807) is 13.8 Å². The average molecular weight is 571 g/mol. The molecule has 1 fully saturated rings. The molecule has 0 aromatic heterocycles. The second-order valence-electron chi connectivity index (χ2n) is 11.6. The van der Waals surface area contributed by atoms with Crippen LogP contribution in [0.25, 0.3) is 0 Å². The number of aliphatic hydroxyl groups is 1. The number of nitrogens with zero attached hydrogens (tertiary/aromatic N) is 1. The number of nitrogens with one attached hydrogen (secondary N) is 2. The van der Waals surface area contributed by atoms with Gasteiger partial charge in [-0.15, -0.1) is 12.4 Å². The Hall–Kier alpha value is -2.94.